The smallest absolute Gasteiger partial charge is 0.200 e. The number of halogens is 1. The van der Waals surface area contributed by atoms with Crippen LogP contribution in [0.25, 0.3) is 21.9 Å². The van der Waals surface area contributed by atoms with Gasteiger partial charge < -0.3 is 4.42 Å². The molecule has 3 aromatic rings. The van der Waals surface area contributed by atoms with Crippen LogP contribution in [0.1, 0.15) is 62.8 Å². The number of hydrogen-bond donors (Lipinski definition) is 0. The van der Waals surface area contributed by atoms with E-state index in [2.05, 4.69) is 6.92 Å². The van der Waals surface area contributed by atoms with Gasteiger partial charge in [0.15, 0.2) is 0 Å². The minimum atomic E-state index is -0.154. The van der Waals surface area contributed by atoms with Gasteiger partial charge in [-0.05, 0) is 30.2 Å². The molecule has 1 unspecified atom stereocenters. The van der Waals surface area contributed by atoms with E-state index >= 15 is 0 Å². The molecule has 1 aromatic heterocycles. The molecule has 3 heteroatoms. The maximum atomic E-state index is 12.9. The lowest BCUT2D eigenvalue weighted by atomic mass is 9.99. The highest BCUT2D eigenvalue weighted by Crippen LogP contribution is 2.32. The molecule has 1 heterocycles. The number of hydrogen-bond acceptors (Lipinski definition) is 2. The molecular weight excluding hydrogens is 332 g/mol. The van der Waals surface area contributed by atoms with Crippen LogP contribution in [0.15, 0.2) is 51.7 Å². The highest BCUT2D eigenvalue weighted by atomic mass is 35.5. The number of para-hydroxylation sites is 1. The molecule has 0 aliphatic carbocycles. The quantitative estimate of drug-likeness (QED) is 0.247. The zero-order valence-electron chi connectivity index (χ0n) is 14.8. The number of rotatable bonds is 8. The Balaban J connectivity index is 1.84. The topological polar surface area (TPSA) is 30.2 Å². The van der Waals surface area contributed by atoms with Crippen molar-refractivity contribution < 1.29 is 4.42 Å². The predicted octanol–water partition coefficient (Wildman–Crippen LogP) is 6.98. The summed E-state index contributed by atoms with van der Waals surface area (Å²) in [7, 11) is 0. The molecule has 0 amide bonds. The summed E-state index contributed by atoms with van der Waals surface area (Å²) in [5.41, 5.74) is 2.15. The van der Waals surface area contributed by atoms with Gasteiger partial charge in [0, 0.05) is 0 Å². The van der Waals surface area contributed by atoms with Crippen molar-refractivity contribution in [2.24, 2.45) is 0 Å². The van der Waals surface area contributed by atoms with Crippen LogP contribution in [-0.4, -0.2) is 0 Å². The van der Waals surface area contributed by atoms with Crippen molar-refractivity contribution in [2.75, 3.05) is 0 Å². The zero-order valence-corrected chi connectivity index (χ0v) is 15.5. The van der Waals surface area contributed by atoms with Crippen LogP contribution in [0.5, 0.6) is 0 Å². The third-order valence-corrected chi connectivity index (χ3v) is 5.24. The minimum absolute atomic E-state index is 0.0149. The van der Waals surface area contributed by atoms with Crippen molar-refractivity contribution >= 4 is 33.5 Å². The van der Waals surface area contributed by atoms with E-state index in [0.717, 1.165) is 18.4 Å². The molecule has 25 heavy (non-hydrogen) atoms. The molecule has 0 fully saturated rings. The summed E-state index contributed by atoms with van der Waals surface area (Å²) in [5, 5.41) is 1.09. The van der Waals surface area contributed by atoms with Crippen LogP contribution in [0.3, 0.4) is 0 Å². The fraction of sp³-hybridized carbons (Fsp3) is 0.409. The summed E-state index contributed by atoms with van der Waals surface area (Å²) in [4.78, 5) is 12.9. The lowest BCUT2D eigenvalue weighted by Gasteiger charge is -2.12. The largest absolute Gasteiger partial charge is 0.456 e. The number of alkyl halides is 1. The maximum absolute atomic E-state index is 12.9. The molecule has 1 atom stereocenters. The third-order valence-electron chi connectivity index (χ3n) is 4.79. The molecule has 3 rings (SSSR count). The number of benzene rings is 2. The van der Waals surface area contributed by atoms with Crippen LogP contribution in [0.2, 0.25) is 0 Å². The molecule has 0 radical (unpaired) electrons. The summed E-state index contributed by atoms with van der Waals surface area (Å²) in [6, 6.07) is 13.1. The van der Waals surface area contributed by atoms with Gasteiger partial charge in [-0.2, -0.15) is 0 Å². The second-order valence-corrected chi connectivity index (χ2v) is 7.20. The summed E-state index contributed by atoms with van der Waals surface area (Å²) >= 11 is 6.67. The monoisotopic (exact) mass is 356 g/mol. The fourth-order valence-electron chi connectivity index (χ4n) is 3.39. The number of unbranched alkanes of at least 4 members (excludes halogenated alkanes) is 5. The van der Waals surface area contributed by atoms with E-state index in [1.165, 1.54) is 32.1 Å². The Morgan fingerprint density at radius 3 is 2.48 bits per heavy atom. The third kappa shape index (κ3) is 4.07. The van der Waals surface area contributed by atoms with Crippen LogP contribution in [0.4, 0.5) is 0 Å². The van der Waals surface area contributed by atoms with Crippen molar-refractivity contribution in [3.8, 4) is 0 Å². The normalized spacial score (nSPS) is 12.7. The Hall–Kier alpha value is -1.80. The molecular formula is C22H25ClO2. The molecule has 0 bridgehead atoms. The lowest BCUT2D eigenvalue weighted by molar-refractivity contribution is 0.585. The molecule has 132 valence electrons. The van der Waals surface area contributed by atoms with Crippen LogP contribution in [0, 0.1) is 0 Å². The molecule has 2 aromatic carbocycles. The van der Waals surface area contributed by atoms with Crippen molar-refractivity contribution in [2.45, 2.75) is 57.2 Å². The van der Waals surface area contributed by atoms with E-state index in [4.69, 9.17) is 16.0 Å². The Bertz CT molecular complexity index is 897. The van der Waals surface area contributed by atoms with Gasteiger partial charge in [0.25, 0.3) is 0 Å². The van der Waals surface area contributed by atoms with E-state index < -0.39 is 0 Å². The summed E-state index contributed by atoms with van der Waals surface area (Å²) < 4.78 is 5.93. The predicted molar refractivity (Wildman–Crippen MR) is 107 cm³/mol. The average molecular weight is 357 g/mol. The van der Waals surface area contributed by atoms with E-state index in [-0.39, 0.29) is 10.8 Å². The van der Waals surface area contributed by atoms with Gasteiger partial charge in [0.2, 0.25) is 5.43 Å². The van der Waals surface area contributed by atoms with Gasteiger partial charge in [-0.25, -0.2) is 0 Å². The Morgan fingerprint density at radius 1 is 0.920 bits per heavy atom. The van der Waals surface area contributed by atoms with E-state index in [1.807, 2.05) is 42.5 Å². The van der Waals surface area contributed by atoms with Gasteiger partial charge in [-0.3, -0.25) is 4.79 Å². The van der Waals surface area contributed by atoms with Crippen LogP contribution >= 0.6 is 11.6 Å². The first kappa shape index (κ1) is 18.0. The van der Waals surface area contributed by atoms with Gasteiger partial charge in [-0.1, -0.05) is 69.7 Å². The number of fused-ring (bicyclic) bond motifs is 2. The summed E-state index contributed by atoms with van der Waals surface area (Å²) in [6.07, 6.45) is 8.31. The molecule has 0 N–H and O–H groups in total. The first-order valence-electron chi connectivity index (χ1n) is 9.31. The first-order valence-corrected chi connectivity index (χ1v) is 9.74. The van der Waals surface area contributed by atoms with Gasteiger partial charge in [0.05, 0.1) is 16.1 Å². The fourth-order valence-corrected chi connectivity index (χ4v) is 3.73. The standard InChI is InChI=1S/C22H25ClO2/c1-2-3-4-5-6-7-13-18(23)16-12-10-15-20-21(16)22(24)17-11-8-9-14-19(17)25-20/h8-12,14-15,18H,2-7,13H2,1H3. The molecule has 0 saturated carbocycles. The molecule has 0 saturated heterocycles. The second-order valence-electron chi connectivity index (χ2n) is 6.67. The van der Waals surface area contributed by atoms with Gasteiger partial charge in [0.1, 0.15) is 11.2 Å². The van der Waals surface area contributed by atoms with Crippen molar-refractivity contribution in [1.29, 1.82) is 0 Å². The second kappa shape index (κ2) is 8.53. The van der Waals surface area contributed by atoms with Crippen molar-refractivity contribution in [3.63, 3.8) is 0 Å². The Labute approximate surface area is 153 Å². The molecule has 0 spiro atoms. The van der Waals surface area contributed by atoms with Gasteiger partial charge in [-0.15, -0.1) is 11.6 Å². The van der Waals surface area contributed by atoms with Crippen molar-refractivity contribution in [1.82, 2.24) is 0 Å². The van der Waals surface area contributed by atoms with Crippen LogP contribution < -0.4 is 5.43 Å². The zero-order chi connectivity index (χ0) is 17.6. The Morgan fingerprint density at radius 2 is 1.64 bits per heavy atom. The highest BCUT2D eigenvalue weighted by molar-refractivity contribution is 6.21. The average Bonchev–Trinajstić information content (AvgIpc) is 2.64. The highest BCUT2D eigenvalue weighted by Gasteiger charge is 2.16. The summed E-state index contributed by atoms with van der Waals surface area (Å²) in [6.45, 7) is 2.23. The Kier molecular flexibility index (Phi) is 6.14. The molecule has 0 aliphatic rings. The maximum Gasteiger partial charge on any atom is 0.200 e. The van der Waals surface area contributed by atoms with E-state index in [9.17, 15) is 4.79 Å². The SMILES string of the molecule is CCCCCCCCC(Cl)c1cccc2oc3ccccc3c(=O)c12. The molecule has 0 aliphatic heterocycles. The minimum Gasteiger partial charge on any atom is -0.456 e. The van der Waals surface area contributed by atoms with E-state index in [0.29, 0.717) is 21.9 Å². The van der Waals surface area contributed by atoms with Crippen molar-refractivity contribution in [3.05, 3.63) is 58.3 Å². The van der Waals surface area contributed by atoms with Crippen LogP contribution in [-0.2, 0) is 0 Å². The first-order chi connectivity index (χ1) is 12.2. The lowest BCUT2D eigenvalue weighted by Crippen LogP contribution is -2.06. The molecule has 2 nitrogen and oxygen atoms in total. The van der Waals surface area contributed by atoms with E-state index in [1.54, 1.807) is 0 Å². The van der Waals surface area contributed by atoms with Gasteiger partial charge >= 0.3 is 0 Å². The summed E-state index contributed by atoms with van der Waals surface area (Å²) in [5.74, 6) is 0.